The predicted molar refractivity (Wildman–Crippen MR) is 115 cm³/mol. The minimum Gasteiger partial charge on any atom is -0.388 e. The molecule has 1 aliphatic carbocycles. The maximum Gasteiger partial charge on any atom is 0.191 e. The summed E-state index contributed by atoms with van der Waals surface area (Å²) in [5, 5.41) is 17.4. The van der Waals surface area contributed by atoms with E-state index in [4.69, 9.17) is 0 Å². The van der Waals surface area contributed by atoms with Gasteiger partial charge < -0.3 is 15.7 Å². The average Bonchev–Trinajstić information content (AvgIpc) is 2.59. The van der Waals surface area contributed by atoms with Gasteiger partial charge in [-0.15, -0.1) is 24.0 Å². The molecule has 0 amide bonds. The highest BCUT2D eigenvalue weighted by Crippen LogP contribution is 2.23. The van der Waals surface area contributed by atoms with Gasteiger partial charge in [0.05, 0.1) is 12.1 Å². The van der Waals surface area contributed by atoms with Crippen LogP contribution in [0, 0.1) is 0 Å². The zero-order valence-corrected chi connectivity index (χ0v) is 18.8. The molecule has 3 atom stereocenters. The van der Waals surface area contributed by atoms with Crippen molar-refractivity contribution in [2.75, 3.05) is 18.8 Å². The van der Waals surface area contributed by atoms with E-state index in [0.717, 1.165) is 43.9 Å². The SMILES string of the molecule is CCNC(=NCC(O)(CC)CC)NC1CCCC(S(=O)CC)C1.I. The summed E-state index contributed by atoms with van der Waals surface area (Å²) in [6.07, 6.45) is 5.62. The monoisotopic (exact) mass is 473 g/mol. The normalized spacial score (nSPS) is 23.3. The second-order valence-corrected chi connectivity index (χ2v) is 8.43. The number of hydrogen-bond donors (Lipinski definition) is 3. The summed E-state index contributed by atoms with van der Waals surface area (Å²) in [4.78, 5) is 4.58. The Labute approximate surface area is 167 Å². The molecule has 1 aliphatic rings. The van der Waals surface area contributed by atoms with Gasteiger partial charge in [0.15, 0.2) is 5.96 Å². The van der Waals surface area contributed by atoms with Gasteiger partial charge in [-0.05, 0) is 39.0 Å². The zero-order valence-electron chi connectivity index (χ0n) is 15.6. The van der Waals surface area contributed by atoms with E-state index in [1.54, 1.807) is 0 Å². The first-order chi connectivity index (χ1) is 11.0. The third-order valence-corrected chi connectivity index (χ3v) is 6.56. The fourth-order valence-electron chi connectivity index (χ4n) is 2.96. The van der Waals surface area contributed by atoms with Crippen LogP contribution in [-0.4, -0.2) is 51.0 Å². The molecule has 0 aromatic heterocycles. The van der Waals surface area contributed by atoms with Crippen LogP contribution < -0.4 is 10.6 Å². The number of hydrogen-bond acceptors (Lipinski definition) is 3. The first-order valence-corrected chi connectivity index (χ1v) is 10.5. The molecule has 0 aromatic carbocycles. The number of halogens is 1. The molecule has 1 fully saturated rings. The molecule has 0 spiro atoms. The lowest BCUT2D eigenvalue weighted by molar-refractivity contribution is 0.0417. The van der Waals surface area contributed by atoms with Gasteiger partial charge in [-0.25, -0.2) is 0 Å². The maximum absolute atomic E-state index is 12.1. The molecule has 1 saturated carbocycles. The lowest BCUT2D eigenvalue weighted by atomic mass is 9.95. The Bertz CT molecular complexity index is 403. The van der Waals surface area contributed by atoms with E-state index in [1.165, 1.54) is 0 Å². The third kappa shape index (κ3) is 7.99. The molecule has 0 heterocycles. The number of guanidine groups is 1. The molecule has 0 aromatic rings. The molecule has 7 heteroatoms. The summed E-state index contributed by atoms with van der Waals surface area (Å²) < 4.78 is 12.1. The lowest BCUT2D eigenvalue weighted by Gasteiger charge is -2.30. The highest BCUT2D eigenvalue weighted by atomic mass is 127. The van der Waals surface area contributed by atoms with Crippen molar-refractivity contribution >= 4 is 40.7 Å². The smallest absolute Gasteiger partial charge is 0.191 e. The van der Waals surface area contributed by atoms with Crippen LogP contribution in [-0.2, 0) is 10.8 Å². The van der Waals surface area contributed by atoms with E-state index in [0.29, 0.717) is 30.7 Å². The zero-order chi connectivity index (χ0) is 17.3. The Morgan fingerprint density at radius 1 is 1.25 bits per heavy atom. The highest BCUT2D eigenvalue weighted by Gasteiger charge is 2.26. The second kappa shape index (κ2) is 12.5. The van der Waals surface area contributed by atoms with Crippen LogP contribution in [0.4, 0.5) is 0 Å². The number of nitrogens with zero attached hydrogens (tertiary/aromatic N) is 1. The van der Waals surface area contributed by atoms with Gasteiger partial charge in [0, 0.05) is 34.4 Å². The van der Waals surface area contributed by atoms with Gasteiger partial charge in [-0.1, -0.05) is 27.2 Å². The van der Waals surface area contributed by atoms with E-state index in [9.17, 15) is 9.32 Å². The summed E-state index contributed by atoms with van der Waals surface area (Å²) in [6.45, 7) is 9.22. The van der Waals surface area contributed by atoms with Crippen LogP contribution in [0.2, 0.25) is 0 Å². The second-order valence-electron chi connectivity index (χ2n) is 6.43. The molecule has 3 unspecified atom stereocenters. The van der Waals surface area contributed by atoms with Crippen molar-refractivity contribution in [1.82, 2.24) is 10.6 Å². The van der Waals surface area contributed by atoms with Crippen LogP contribution >= 0.6 is 24.0 Å². The Morgan fingerprint density at radius 3 is 2.46 bits per heavy atom. The van der Waals surface area contributed by atoms with E-state index < -0.39 is 16.4 Å². The minimum absolute atomic E-state index is 0. The van der Waals surface area contributed by atoms with Crippen molar-refractivity contribution < 1.29 is 9.32 Å². The molecule has 0 radical (unpaired) electrons. The third-order valence-electron chi connectivity index (χ3n) is 4.82. The number of nitrogens with one attached hydrogen (secondary N) is 2. The Morgan fingerprint density at radius 2 is 1.92 bits per heavy atom. The maximum atomic E-state index is 12.1. The predicted octanol–water partition coefficient (Wildman–Crippen LogP) is 2.79. The van der Waals surface area contributed by atoms with Crippen molar-refractivity contribution in [2.45, 2.75) is 83.1 Å². The van der Waals surface area contributed by atoms with Crippen molar-refractivity contribution in [1.29, 1.82) is 0 Å². The van der Waals surface area contributed by atoms with Gasteiger partial charge in [-0.3, -0.25) is 9.20 Å². The van der Waals surface area contributed by atoms with Crippen LogP contribution in [0.5, 0.6) is 0 Å². The number of aliphatic hydroxyl groups is 1. The summed E-state index contributed by atoms with van der Waals surface area (Å²) in [5.41, 5.74) is -0.721. The first kappa shape index (κ1) is 24.1. The van der Waals surface area contributed by atoms with Crippen molar-refractivity contribution in [2.24, 2.45) is 4.99 Å². The number of aliphatic imine (C=N–C) groups is 1. The molecule has 3 N–H and O–H groups in total. The Balaban J connectivity index is 0.00000529. The van der Waals surface area contributed by atoms with E-state index in [-0.39, 0.29) is 24.0 Å². The Hall–Kier alpha value is 0.110. The van der Waals surface area contributed by atoms with E-state index in [2.05, 4.69) is 15.6 Å². The molecular formula is C17H36IN3O2S. The van der Waals surface area contributed by atoms with E-state index in [1.807, 2.05) is 27.7 Å². The summed E-state index contributed by atoms with van der Waals surface area (Å²) >= 11 is 0. The van der Waals surface area contributed by atoms with Crippen LogP contribution in [0.15, 0.2) is 4.99 Å². The first-order valence-electron chi connectivity index (χ1n) is 9.12. The van der Waals surface area contributed by atoms with Crippen molar-refractivity contribution in [3.8, 4) is 0 Å². The quantitative estimate of drug-likeness (QED) is 0.288. The van der Waals surface area contributed by atoms with Crippen molar-refractivity contribution in [3.05, 3.63) is 0 Å². The fraction of sp³-hybridized carbons (Fsp3) is 0.941. The molecule has 24 heavy (non-hydrogen) atoms. The van der Waals surface area contributed by atoms with Crippen LogP contribution in [0.3, 0.4) is 0 Å². The van der Waals surface area contributed by atoms with E-state index >= 15 is 0 Å². The van der Waals surface area contributed by atoms with Crippen LogP contribution in [0.1, 0.15) is 66.2 Å². The van der Waals surface area contributed by atoms with Gasteiger partial charge in [0.25, 0.3) is 0 Å². The summed E-state index contributed by atoms with van der Waals surface area (Å²) in [5.74, 6) is 1.51. The Kier molecular flexibility index (Phi) is 12.5. The molecule has 0 aliphatic heterocycles. The summed E-state index contributed by atoms with van der Waals surface area (Å²) in [6, 6.07) is 0.318. The van der Waals surface area contributed by atoms with Gasteiger partial charge in [0.2, 0.25) is 0 Å². The number of rotatable bonds is 8. The van der Waals surface area contributed by atoms with Gasteiger partial charge in [-0.2, -0.15) is 0 Å². The highest BCUT2D eigenvalue weighted by molar-refractivity contribution is 14.0. The molecule has 0 saturated heterocycles. The fourth-order valence-corrected chi connectivity index (χ4v) is 4.31. The minimum atomic E-state index is -0.721. The van der Waals surface area contributed by atoms with Gasteiger partial charge in [0.1, 0.15) is 0 Å². The lowest BCUT2D eigenvalue weighted by Crippen LogP contribution is -2.47. The largest absolute Gasteiger partial charge is 0.388 e. The molecule has 0 bridgehead atoms. The standard InChI is InChI=1S/C17H35N3O2S.HI/c1-5-17(21,6-2)13-19-16(18-7-3)20-14-10-9-11-15(12-14)23(22)8-4;/h14-15,21H,5-13H2,1-4H3,(H2,18,19,20);1H. The van der Waals surface area contributed by atoms with Gasteiger partial charge >= 0.3 is 0 Å². The van der Waals surface area contributed by atoms with Crippen molar-refractivity contribution in [3.63, 3.8) is 0 Å². The molecule has 1 rings (SSSR count). The molecular weight excluding hydrogens is 437 g/mol. The van der Waals surface area contributed by atoms with Crippen LogP contribution in [0.25, 0.3) is 0 Å². The molecule has 144 valence electrons. The summed E-state index contributed by atoms with van der Waals surface area (Å²) in [7, 11) is -0.714. The average molecular weight is 473 g/mol. The topological polar surface area (TPSA) is 73.7 Å². The molecule has 5 nitrogen and oxygen atoms in total.